The topological polar surface area (TPSA) is 98.3 Å². The highest BCUT2D eigenvalue weighted by Crippen LogP contribution is 2.42. The minimum absolute atomic E-state index is 0.0868. The highest BCUT2D eigenvalue weighted by Gasteiger charge is 2.32. The molecule has 0 saturated carbocycles. The van der Waals surface area contributed by atoms with E-state index in [-0.39, 0.29) is 27.2 Å². The number of non-ortho nitro benzene ring substituents is 1. The zero-order valence-electron chi connectivity index (χ0n) is 13.7. The van der Waals surface area contributed by atoms with Crippen LogP contribution in [0.15, 0.2) is 48.5 Å². The summed E-state index contributed by atoms with van der Waals surface area (Å²) in [6.45, 7) is 0. The lowest BCUT2D eigenvalue weighted by Crippen LogP contribution is -2.06. The Labute approximate surface area is 159 Å². The van der Waals surface area contributed by atoms with Gasteiger partial charge in [-0.05, 0) is 24.3 Å². The summed E-state index contributed by atoms with van der Waals surface area (Å²) in [5, 5.41) is 25.4. The molecule has 0 aliphatic heterocycles. The highest BCUT2D eigenvalue weighted by atomic mass is 35.5. The molecule has 144 valence electrons. The maximum atomic E-state index is 13.0. The van der Waals surface area contributed by atoms with Gasteiger partial charge in [0.2, 0.25) is 0 Å². The summed E-state index contributed by atoms with van der Waals surface area (Å²) < 4.78 is 39.0. The van der Waals surface area contributed by atoms with Crippen LogP contribution in [0.5, 0.6) is 0 Å². The Morgan fingerprint density at radius 2 is 1.50 bits per heavy atom. The van der Waals surface area contributed by atoms with Gasteiger partial charge in [0, 0.05) is 5.39 Å². The molecule has 11 heteroatoms. The van der Waals surface area contributed by atoms with Gasteiger partial charge in [-0.15, -0.1) is 0 Å². The van der Waals surface area contributed by atoms with Crippen molar-refractivity contribution in [3.05, 3.63) is 79.3 Å². The predicted octanol–water partition coefficient (Wildman–Crippen LogP) is 6.07. The number of halogens is 4. The highest BCUT2D eigenvalue weighted by molar-refractivity contribution is 6.33. The Balaban J connectivity index is 2.27. The first-order chi connectivity index (χ1) is 13.1. The van der Waals surface area contributed by atoms with Crippen LogP contribution in [0.1, 0.15) is 5.56 Å². The van der Waals surface area contributed by atoms with Gasteiger partial charge in [0.25, 0.3) is 11.4 Å². The summed E-state index contributed by atoms with van der Waals surface area (Å²) in [5.74, 6) is 0. The first kappa shape index (κ1) is 19.4. The van der Waals surface area contributed by atoms with Gasteiger partial charge in [-0.3, -0.25) is 20.2 Å². The number of anilines is 2. The average Bonchev–Trinajstić information content (AvgIpc) is 2.62. The van der Waals surface area contributed by atoms with Crippen LogP contribution in [0.4, 0.5) is 35.9 Å². The fourth-order valence-electron chi connectivity index (χ4n) is 2.70. The van der Waals surface area contributed by atoms with E-state index < -0.39 is 33.0 Å². The monoisotopic (exact) mass is 411 g/mol. The fourth-order valence-corrected chi connectivity index (χ4v) is 2.87. The third kappa shape index (κ3) is 3.54. The standard InChI is InChI=1S/C17H9ClF3N3O4/c18-12-6-5-9(17(19,20)21)7-13(12)22-16-11-4-2-1-3-10(11)14(23(25)26)8-15(16)24(27)28/h1-8,22H. The lowest BCUT2D eigenvalue weighted by molar-refractivity contribution is -0.392. The molecule has 0 radical (unpaired) electrons. The number of nitrogens with one attached hydrogen (secondary N) is 1. The Hall–Kier alpha value is -3.40. The van der Waals surface area contributed by atoms with E-state index in [4.69, 9.17) is 11.6 Å². The number of hydrogen-bond donors (Lipinski definition) is 1. The number of hydrogen-bond acceptors (Lipinski definition) is 5. The minimum atomic E-state index is -4.65. The third-order valence-corrected chi connectivity index (χ3v) is 4.28. The second-order valence-corrected chi connectivity index (χ2v) is 6.07. The van der Waals surface area contributed by atoms with Gasteiger partial charge in [0.05, 0.1) is 37.6 Å². The van der Waals surface area contributed by atoms with Gasteiger partial charge in [0.1, 0.15) is 5.69 Å². The van der Waals surface area contributed by atoms with Crippen molar-refractivity contribution in [1.29, 1.82) is 0 Å². The van der Waals surface area contributed by atoms with E-state index in [0.29, 0.717) is 6.07 Å². The first-order valence-corrected chi connectivity index (χ1v) is 7.95. The van der Waals surface area contributed by atoms with Crippen molar-refractivity contribution in [2.45, 2.75) is 6.18 Å². The van der Waals surface area contributed by atoms with Crippen molar-refractivity contribution in [2.24, 2.45) is 0 Å². The van der Waals surface area contributed by atoms with Gasteiger partial charge in [-0.1, -0.05) is 29.8 Å². The van der Waals surface area contributed by atoms with E-state index >= 15 is 0 Å². The van der Waals surface area contributed by atoms with Gasteiger partial charge >= 0.3 is 6.18 Å². The molecule has 3 aromatic rings. The molecule has 0 amide bonds. The number of nitrogens with zero attached hydrogens (tertiary/aromatic N) is 2. The summed E-state index contributed by atoms with van der Waals surface area (Å²) in [4.78, 5) is 21.1. The molecule has 7 nitrogen and oxygen atoms in total. The molecule has 3 rings (SSSR count). The smallest absolute Gasteiger partial charge is 0.348 e. The van der Waals surface area contributed by atoms with Crippen LogP contribution in [0.3, 0.4) is 0 Å². The SMILES string of the molecule is O=[N+]([O-])c1cc([N+](=O)[O-])c2ccccc2c1Nc1cc(C(F)(F)F)ccc1Cl. The maximum Gasteiger partial charge on any atom is 0.416 e. The molecule has 0 aromatic heterocycles. The minimum Gasteiger partial charge on any atom is -0.348 e. The van der Waals surface area contributed by atoms with Crippen LogP contribution in [-0.2, 0) is 6.18 Å². The first-order valence-electron chi connectivity index (χ1n) is 7.58. The molecule has 3 aromatic carbocycles. The second kappa shape index (κ2) is 6.97. The van der Waals surface area contributed by atoms with E-state index in [2.05, 4.69) is 5.32 Å². The number of benzene rings is 3. The largest absolute Gasteiger partial charge is 0.416 e. The molecule has 0 heterocycles. The van der Waals surface area contributed by atoms with Gasteiger partial charge < -0.3 is 5.32 Å². The fraction of sp³-hybridized carbons (Fsp3) is 0.0588. The molecule has 0 atom stereocenters. The maximum absolute atomic E-state index is 13.0. The molecule has 0 spiro atoms. The molecule has 1 N–H and O–H groups in total. The predicted molar refractivity (Wildman–Crippen MR) is 97.0 cm³/mol. The number of fused-ring (bicyclic) bond motifs is 1. The lowest BCUT2D eigenvalue weighted by Gasteiger charge is -2.14. The quantitative estimate of drug-likeness (QED) is 0.415. The molecule has 28 heavy (non-hydrogen) atoms. The van der Waals surface area contributed by atoms with E-state index in [1.165, 1.54) is 24.3 Å². The Morgan fingerprint density at radius 1 is 0.893 bits per heavy atom. The van der Waals surface area contributed by atoms with Crippen LogP contribution in [0, 0.1) is 20.2 Å². The van der Waals surface area contributed by atoms with E-state index in [0.717, 1.165) is 18.2 Å². The lowest BCUT2D eigenvalue weighted by atomic mass is 10.0. The summed E-state index contributed by atoms with van der Waals surface area (Å²) in [6.07, 6.45) is -4.65. The normalized spacial score (nSPS) is 11.4. The Morgan fingerprint density at radius 3 is 2.07 bits per heavy atom. The third-order valence-electron chi connectivity index (χ3n) is 3.95. The van der Waals surface area contributed by atoms with Crippen molar-refractivity contribution in [3.8, 4) is 0 Å². The number of alkyl halides is 3. The summed E-state index contributed by atoms with van der Waals surface area (Å²) in [5.41, 5.74) is -2.60. The van der Waals surface area contributed by atoms with Crippen LogP contribution >= 0.6 is 11.6 Å². The summed E-state index contributed by atoms with van der Waals surface area (Å²) in [7, 11) is 0. The molecular formula is C17H9ClF3N3O4. The molecule has 0 unspecified atom stereocenters. The number of nitro benzene ring substituents is 2. The molecule has 0 fully saturated rings. The van der Waals surface area contributed by atoms with Crippen molar-refractivity contribution in [3.63, 3.8) is 0 Å². The van der Waals surface area contributed by atoms with Crippen LogP contribution in [-0.4, -0.2) is 9.85 Å². The van der Waals surface area contributed by atoms with E-state index in [1.54, 1.807) is 0 Å². The van der Waals surface area contributed by atoms with Crippen LogP contribution < -0.4 is 5.32 Å². The van der Waals surface area contributed by atoms with Crippen molar-refractivity contribution in [1.82, 2.24) is 0 Å². The van der Waals surface area contributed by atoms with Gasteiger partial charge in [0.15, 0.2) is 0 Å². The van der Waals surface area contributed by atoms with E-state index in [1.807, 2.05) is 0 Å². The van der Waals surface area contributed by atoms with Crippen molar-refractivity contribution in [2.75, 3.05) is 5.32 Å². The van der Waals surface area contributed by atoms with Crippen LogP contribution in [0.2, 0.25) is 5.02 Å². The van der Waals surface area contributed by atoms with Crippen LogP contribution in [0.25, 0.3) is 10.8 Å². The van der Waals surface area contributed by atoms with Crippen molar-refractivity contribution >= 4 is 45.1 Å². The molecule has 0 aliphatic rings. The molecule has 0 aliphatic carbocycles. The zero-order valence-corrected chi connectivity index (χ0v) is 14.4. The molecular weight excluding hydrogens is 403 g/mol. The van der Waals surface area contributed by atoms with Gasteiger partial charge in [-0.2, -0.15) is 13.2 Å². The number of nitro groups is 2. The average molecular weight is 412 g/mol. The molecule has 0 saturated heterocycles. The summed E-state index contributed by atoms with van der Waals surface area (Å²) in [6, 6.07) is 9.02. The Bertz CT molecular complexity index is 1120. The summed E-state index contributed by atoms with van der Waals surface area (Å²) >= 11 is 5.95. The Kier molecular flexibility index (Phi) is 4.82. The second-order valence-electron chi connectivity index (χ2n) is 5.67. The van der Waals surface area contributed by atoms with Crippen molar-refractivity contribution < 1.29 is 23.0 Å². The van der Waals surface area contributed by atoms with E-state index in [9.17, 15) is 33.4 Å². The molecule has 0 bridgehead atoms. The number of rotatable bonds is 4. The zero-order chi connectivity index (χ0) is 20.6. The van der Waals surface area contributed by atoms with Gasteiger partial charge in [-0.25, -0.2) is 0 Å².